The van der Waals surface area contributed by atoms with Crippen molar-refractivity contribution in [2.45, 2.75) is 25.2 Å². The predicted molar refractivity (Wildman–Crippen MR) is 61.1 cm³/mol. The molecule has 0 spiro atoms. The molecule has 0 saturated carbocycles. The Bertz CT molecular complexity index is 348. The number of hydrogen-bond acceptors (Lipinski definition) is 4. The Balaban J connectivity index is 2.61. The lowest BCUT2D eigenvalue weighted by atomic mass is 10.1. The van der Waals surface area contributed by atoms with Crippen molar-refractivity contribution in [2.24, 2.45) is 5.73 Å². The molecule has 9 heteroatoms. The minimum atomic E-state index is -4.46. The van der Waals surface area contributed by atoms with Crippen LogP contribution < -0.4 is 16.4 Å². The van der Waals surface area contributed by atoms with Crippen molar-refractivity contribution in [3.8, 4) is 0 Å². The topological polar surface area (TPSA) is 87.5 Å². The largest absolute Gasteiger partial charge is 0.405 e. The number of primary amides is 1. The Hall–Kier alpha value is -1.35. The minimum Gasteiger partial charge on any atom is -0.368 e. The molecule has 1 aliphatic rings. The third-order valence-corrected chi connectivity index (χ3v) is 2.95. The highest BCUT2D eigenvalue weighted by Crippen LogP contribution is 2.13. The first-order valence-corrected chi connectivity index (χ1v) is 5.82. The summed E-state index contributed by atoms with van der Waals surface area (Å²) in [4.78, 5) is 24.4. The Morgan fingerprint density at radius 3 is 2.68 bits per heavy atom. The third kappa shape index (κ3) is 4.67. The number of halogens is 3. The summed E-state index contributed by atoms with van der Waals surface area (Å²) in [6, 6.07) is -1.54. The molecule has 0 aromatic heterocycles. The van der Waals surface area contributed by atoms with Crippen LogP contribution in [0.5, 0.6) is 0 Å². The van der Waals surface area contributed by atoms with Crippen LogP contribution in [0, 0.1) is 0 Å². The van der Waals surface area contributed by atoms with Crippen molar-refractivity contribution >= 4 is 11.8 Å². The van der Waals surface area contributed by atoms with Crippen molar-refractivity contribution in [1.82, 2.24) is 15.5 Å². The second-order valence-electron chi connectivity index (χ2n) is 4.37. The van der Waals surface area contributed by atoms with Gasteiger partial charge in [0.05, 0.1) is 6.04 Å². The summed E-state index contributed by atoms with van der Waals surface area (Å²) in [5.41, 5.74) is 5.21. The maximum absolute atomic E-state index is 12.0. The molecular weight excluding hydrogens is 265 g/mol. The molecule has 1 aliphatic heterocycles. The van der Waals surface area contributed by atoms with E-state index in [0.29, 0.717) is 13.1 Å². The SMILES string of the molecule is CC(C(=O)NCC(F)(F)F)N1CCNCC1C(N)=O. The smallest absolute Gasteiger partial charge is 0.368 e. The number of amides is 2. The number of hydrogen-bond donors (Lipinski definition) is 3. The van der Waals surface area contributed by atoms with Crippen molar-refractivity contribution in [1.29, 1.82) is 0 Å². The van der Waals surface area contributed by atoms with Gasteiger partial charge in [-0.05, 0) is 6.92 Å². The van der Waals surface area contributed by atoms with Crippen molar-refractivity contribution in [2.75, 3.05) is 26.2 Å². The predicted octanol–water partition coefficient (Wildman–Crippen LogP) is -1.19. The molecule has 6 nitrogen and oxygen atoms in total. The van der Waals surface area contributed by atoms with Crippen LogP contribution in [-0.4, -0.2) is 61.2 Å². The number of carbonyl (C=O) groups excluding carboxylic acids is 2. The molecule has 1 saturated heterocycles. The maximum Gasteiger partial charge on any atom is 0.405 e. The lowest BCUT2D eigenvalue weighted by Crippen LogP contribution is -2.62. The number of nitrogens with one attached hydrogen (secondary N) is 2. The van der Waals surface area contributed by atoms with Crippen LogP contribution in [0.3, 0.4) is 0 Å². The van der Waals surface area contributed by atoms with Gasteiger partial charge < -0.3 is 16.4 Å². The van der Waals surface area contributed by atoms with Crippen LogP contribution in [0.1, 0.15) is 6.92 Å². The fourth-order valence-corrected chi connectivity index (χ4v) is 1.93. The summed E-state index contributed by atoms with van der Waals surface area (Å²) in [6.45, 7) is 1.26. The van der Waals surface area contributed by atoms with E-state index in [9.17, 15) is 22.8 Å². The van der Waals surface area contributed by atoms with Crippen LogP contribution in [0.2, 0.25) is 0 Å². The quantitative estimate of drug-likeness (QED) is 0.605. The van der Waals surface area contributed by atoms with Gasteiger partial charge >= 0.3 is 6.18 Å². The molecule has 0 aliphatic carbocycles. The number of carbonyl (C=O) groups is 2. The summed E-state index contributed by atoms with van der Waals surface area (Å²) >= 11 is 0. The van der Waals surface area contributed by atoms with Gasteiger partial charge in [-0.25, -0.2) is 0 Å². The fraction of sp³-hybridized carbons (Fsp3) is 0.800. The van der Waals surface area contributed by atoms with Gasteiger partial charge in [0.2, 0.25) is 11.8 Å². The van der Waals surface area contributed by atoms with E-state index in [4.69, 9.17) is 5.73 Å². The molecule has 2 amide bonds. The molecular formula is C10H17F3N4O2. The van der Waals surface area contributed by atoms with Gasteiger partial charge in [-0.1, -0.05) is 0 Å². The highest BCUT2D eigenvalue weighted by molar-refractivity contribution is 5.84. The summed E-state index contributed by atoms with van der Waals surface area (Å²) < 4.78 is 36.0. The summed E-state index contributed by atoms with van der Waals surface area (Å²) in [7, 11) is 0. The van der Waals surface area contributed by atoms with Gasteiger partial charge in [0.25, 0.3) is 0 Å². The maximum atomic E-state index is 12.0. The second kappa shape index (κ2) is 6.20. The molecule has 2 atom stereocenters. The van der Waals surface area contributed by atoms with Gasteiger partial charge in [0.15, 0.2) is 0 Å². The lowest BCUT2D eigenvalue weighted by molar-refractivity contribution is -0.143. The molecule has 1 fully saturated rings. The summed E-state index contributed by atoms with van der Waals surface area (Å²) in [6.07, 6.45) is -4.46. The lowest BCUT2D eigenvalue weighted by Gasteiger charge is -2.37. The van der Waals surface area contributed by atoms with Gasteiger partial charge in [0.1, 0.15) is 12.6 Å². The van der Waals surface area contributed by atoms with Gasteiger partial charge in [0, 0.05) is 19.6 Å². The number of rotatable bonds is 4. The van der Waals surface area contributed by atoms with Gasteiger partial charge in [-0.15, -0.1) is 0 Å². The normalized spacial score (nSPS) is 22.8. The van der Waals surface area contributed by atoms with Crippen LogP contribution in [0.25, 0.3) is 0 Å². The zero-order valence-corrected chi connectivity index (χ0v) is 10.5. The molecule has 4 N–H and O–H groups in total. The Labute approximate surface area is 108 Å². The number of piperazine rings is 1. The highest BCUT2D eigenvalue weighted by Gasteiger charge is 2.35. The Morgan fingerprint density at radius 1 is 1.53 bits per heavy atom. The first-order valence-electron chi connectivity index (χ1n) is 5.82. The number of nitrogens with two attached hydrogens (primary N) is 1. The number of alkyl halides is 3. The van der Waals surface area contributed by atoms with Gasteiger partial charge in [-0.2, -0.15) is 13.2 Å². The standard InChI is InChI=1S/C10H17F3N4O2/c1-6(9(19)16-5-10(11,12)13)17-3-2-15-4-7(17)8(14)18/h6-7,15H,2-5H2,1H3,(H2,14,18)(H,16,19). The molecule has 0 aromatic rings. The molecule has 19 heavy (non-hydrogen) atoms. The minimum absolute atomic E-state index is 0.284. The van der Waals surface area contributed by atoms with E-state index in [-0.39, 0.29) is 6.54 Å². The molecule has 1 rings (SSSR count). The van der Waals surface area contributed by atoms with E-state index in [0.717, 1.165) is 0 Å². The molecule has 0 bridgehead atoms. The average Bonchev–Trinajstić information content (AvgIpc) is 2.34. The van der Waals surface area contributed by atoms with Crippen molar-refractivity contribution in [3.63, 3.8) is 0 Å². The Morgan fingerprint density at radius 2 is 2.16 bits per heavy atom. The molecule has 0 aromatic carbocycles. The third-order valence-electron chi connectivity index (χ3n) is 2.95. The van der Waals surface area contributed by atoms with E-state index >= 15 is 0 Å². The Kier molecular flexibility index (Phi) is 5.12. The van der Waals surface area contributed by atoms with Crippen LogP contribution in [-0.2, 0) is 9.59 Å². The second-order valence-corrected chi connectivity index (χ2v) is 4.37. The van der Waals surface area contributed by atoms with Crippen LogP contribution in [0.15, 0.2) is 0 Å². The molecule has 0 radical (unpaired) electrons. The fourth-order valence-electron chi connectivity index (χ4n) is 1.93. The van der Waals surface area contributed by atoms with E-state index in [2.05, 4.69) is 5.32 Å². The molecule has 110 valence electrons. The van der Waals surface area contributed by atoms with Crippen LogP contribution in [0.4, 0.5) is 13.2 Å². The average molecular weight is 282 g/mol. The van der Waals surface area contributed by atoms with Crippen molar-refractivity contribution < 1.29 is 22.8 Å². The zero-order valence-electron chi connectivity index (χ0n) is 10.5. The summed E-state index contributed by atoms with van der Waals surface area (Å²) in [5, 5.41) is 4.74. The van der Waals surface area contributed by atoms with E-state index < -0.39 is 36.6 Å². The zero-order chi connectivity index (χ0) is 14.6. The molecule has 2 unspecified atom stereocenters. The van der Waals surface area contributed by atoms with Crippen molar-refractivity contribution in [3.05, 3.63) is 0 Å². The number of nitrogens with zero attached hydrogens (tertiary/aromatic N) is 1. The van der Waals surface area contributed by atoms with E-state index in [1.54, 1.807) is 5.32 Å². The highest BCUT2D eigenvalue weighted by atomic mass is 19.4. The van der Waals surface area contributed by atoms with E-state index in [1.165, 1.54) is 11.8 Å². The molecule has 1 heterocycles. The monoisotopic (exact) mass is 282 g/mol. The summed E-state index contributed by atoms with van der Waals surface area (Å²) in [5.74, 6) is -1.38. The van der Waals surface area contributed by atoms with Crippen LogP contribution >= 0.6 is 0 Å². The van der Waals surface area contributed by atoms with Gasteiger partial charge in [-0.3, -0.25) is 14.5 Å². The first kappa shape index (κ1) is 15.7. The van der Waals surface area contributed by atoms with E-state index in [1.807, 2.05) is 0 Å². The first-order chi connectivity index (χ1) is 8.72.